The Morgan fingerprint density at radius 1 is 1.16 bits per heavy atom. The number of hydrogen-bond donors (Lipinski definition) is 0. The first-order chi connectivity index (χ1) is 15.4. The van der Waals surface area contributed by atoms with Gasteiger partial charge in [-0.1, -0.05) is 18.2 Å². The van der Waals surface area contributed by atoms with Gasteiger partial charge in [-0.2, -0.15) is 5.10 Å². The van der Waals surface area contributed by atoms with Crippen LogP contribution in [0.25, 0.3) is 0 Å². The van der Waals surface area contributed by atoms with Crippen LogP contribution in [-0.4, -0.2) is 46.5 Å². The lowest BCUT2D eigenvalue weighted by molar-refractivity contribution is -0.0351. The number of methoxy groups -OCH3 is 1. The summed E-state index contributed by atoms with van der Waals surface area (Å²) in [6.07, 6.45) is 0.753. The third kappa shape index (κ3) is 5.03. The number of ether oxygens (including phenoxy) is 2. The molecule has 1 aliphatic heterocycles. The van der Waals surface area contributed by atoms with E-state index in [1.54, 1.807) is 7.11 Å². The topological polar surface area (TPSA) is 52.4 Å². The van der Waals surface area contributed by atoms with Crippen molar-refractivity contribution in [1.82, 2.24) is 19.7 Å². The van der Waals surface area contributed by atoms with Crippen molar-refractivity contribution in [2.75, 3.05) is 26.8 Å². The van der Waals surface area contributed by atoms with Crippen molar-refractivity contribution in [2.24, 2.45) is 0 Å². The quantitative estimate of drug-likeness (QED) is 0.542. The van der Waals surface area contributed by atoms with Gasteiger partial charge in [-0.3, -0.25) is 14.6 Å². The van der Waals surface area contributed by atoms with E-state index >= 15 is 0 Å². The van der Waals surface area contributed by atoms with Gasteiger partial charge < -0.3 is 9.47 Å². The lowest BCUT2D eigenvalue weighted by Crippen LogP contribution is -2.38. The molecule has 0 bridgehead atoms. The van der Waals surface area contributed by atoms with E-state index in [0.717, 1.165) is 48.9 Å². The van der Waals surface area contributed by atoms with Gasteiger partial charge in [-0.25, -0.2) is 0 Å². The van der Waals surface area contributed by atoms with Crippen LogP contribution < -0.4 is 4.74 Å². The molecule has 0 aliphatic carbocycles. The molecule has 1 aliphatic rings. The second kappa shape index (κ2) is 9.84. The van der Waals surface area contributed by atoms with Crippen molar-refractivity contribution in [3.63, 3.8) is 0 Å². The van der Waals surface area contributed by atoms with Crippen LogP contribution in [0.3, 0.4) is 0 Å². The van der Waals surface area contributed by atoms with Gasteiger partial charge in [0.2, 0.25) is 0 Å². The molecule has 0 N–H and O–H groups in total. The Balaban J connectivity index is 1.46. The highest BCUT2D eigenvalue weighted by molar-refractivity contribution is 5.31. The molecule has 4 rings (SSSR count). The van der Waals surface area contributed by atoms with E-state index in [4.69, 9.17) is 19.6 Å². The Labute approximate surface area is 191 Å². The number of pyridine rings is 1. The molecule has 3 heterocycles. The summed E-state index contributed by atoms with van der Waals surface area (Å²) in [6, 6.07) is 14.8. The van der Waals surface area contributed by atoms with E-state index in [1.807, 2.05) is 12.1 Å². The summed E-state index contributed by atoms with van der Waals surface area (Å²) >= 11 is 0. The maximum absolute atomic E-state index is 6.13. The molecule has 1 fully saturated rings. The van der Waals surface area contributed by atoms with Gasteiger partial charge in [0.1, 0.15) is 11.9 Å². The highest BCUT2D eigenvalue weighted by Crippen LogP contribution is 2.25. The first-order valence-electron chi connectivity index (χ1n) is 11.4. The summed E-state index contributed by atoms with van der Waals surface area (Å²) in [5.41, 5.74) is 6.95. The van der Waals surface area contributed by atoms with Crippen LogP contribution in [0, 0.1) is 13.8 Å². The van der Waals surface area contributed by atoms with Crippen LogP contribution in [0.5, 0.6) is 5.75 Å². The van der Waals surface area contributed by atoms with E-state index in [-0.39, 0.29) is 6.10 Å². The maximum Gasteiger partial charge on any atom is 0.119 e. The number of nitrogens with zero attached hydrogens (tertiary/aromatic N) is 4. The summed E-state index contributed by atoms with van der Waals surface area (Å²) in [5, 5.41) is 4.75. The van der Waals surface area contributed by atoms with Gasteiger partial charge in [-0.05, 0) is 57.5 Å². The average Bonchev–Trinajstić information content (AvgIpc) is 3.08. The molecule has 0 spiro atoms. The summed E-state index contributed by atoms with van der Waals surface area (Å²) in [6.45, 7) is 12.0. The van der Waals surface area contributed by atoms with Gasteiger partial charge >= 0.3 is 0 Å². The molecule has 32 heavy (non-hydrogen) atoms. The maximum atomic E-state index is 6.13. The summed E-state index contributed by atoms with van der Waals surface area (Å²) in [5.74, 6) is 0.872. The fraction of sp³-hybridized carbons (Fsp3) is 0.462. The Morgan fingerprint density at radius 3 is 2.72 bits per heavy atom. The number of rotatable bonds is 7. The van der Waals surface area contributed by atoms with Crippen LogP contribution >= 0.6 is 0 Å². The van der Waals surface area contributed by atoms with Crippen molar-refractivity contribution >= 4 is 0 Å². The molecular weight excluding hydrogens is 400 g/mol. The zero-order chi connectivity index (χ0) is 22.7. The van der Waals surface area contributed by atoms with E-state index in [1.165, 1.54) is 16.8 Å². The van der Waals surface area contributed by atoms with E-state index < -0.39 is 0 Å². The monoisotopic (exact) mass is 434 g/mol. The zero-order valence-electron chi connectivity index (χ0n) is 19.8. The Bertz CT molecular complexity index is 1060. The Morgan fingerprint density at radius 2 is 1.97 bits per heavy atom. The van der Waals surface area contributed by atoms with Crippen molar-refractivity contribution in [3.8, 4) is 5.75 Å². The molecule has 0 radical (unpaired) electrons. The van der Waals surface area contributed by atoms with Crippen LogP contribution in [0.15, 0.2) is 42.5 Å². The Kier molecular flexibility index (Phi) is 6.92. The average molecular weight is 435 g/mol. The molecule has 1 unspecified atom stereocenters. The van der Waals surface area contributed by atoms with Crippen molar-refractivity contribution < 1.29 is 9.47 Å². The molecule has 170 valence electrons. The highest BCUT2D eigenvalue weighted by Gasteiger charge is 2.25. The van der Waals surface area contributed by atoms with E-state index in [0.29, 0.717) is 12.6 Å². The van der Waals surface area contributed by atoms with E-state index in [9.17, 15) is 0 Å². The van der Waals surface area contributed by atoms with Crippen LogP contribution in [0.4, 0.5) is 0 Å². The normalized spacial score (nSPS) is 17.1. The molecule has 3 aromatic rings. The van der Waals surface area contributed by atoms with Gasteiger partial charge in [0.05, 0.1) is 25.1 Å². The summed E-state index contributed by atoms with van der Waals surface area (Å²) in [7, 11) is 1.70. The molecule has 0 amide bonds. The number of benzene rings is 1. The van der Waals surface area contributed by atoms with Crippen LogP contribution in [-0.2, 0) is 17.7 Å². The minimum absolute atomic E-state index is 0.0187. The minimum atomic E-state index is -0.0187. The lowest BCUT2D eigenvalue weighted by Gasteiger charge is -2.33. The SMILES string of the molecule is COc1cccc(Cc2cccc(C3CN(Cc4c(C)nn(C(C)C)c4C)CCO3)n2)c1. The van der Waals surface area contributed by atoms with Gasteiger partial charge in [-0.15, -0.1) is 0 Å². The van der Waals surface area contributed by atoms with Gasteiger partial charge in [0, 0.05) is 49.0 Å². The molecule has 2 aromatic heterocycles. The smallest absolute Gasteiger partial charge is 0.119 e. The van der Waals surface area contributed by atoms with Crippen LogP contribution in [0.1, 0.15) is 59.9 Å². The molecule has 0 saturated carbocycles. The van der Waals surface area contributed by atoms with Crippen LogP contribution in [0.2, 0.25) is 0 Å². The third-order valence-electron chi connectivity index (χ3n) is 6.17. The van der Waals surface area contributed by atoms with Gasteiger partial charge in [0.15, 0.2) is 0 Å². The third-order valence-corrected chi connectivity index (χ3v) is 6.17. The molecular formula is C26H34N4O2. The van der Waals surface area contributed by atoms with Crippen molar-refractivity contribution in [3.05, 3.63) is 76.4 Å². The highest BCUT2D eigenvalue weighted by atomic mass is 16.5. The van der Waals surface area contributed by atoms with E-state index in [2.05, 4.69) is 67.6 Å². The standard InChI is InChI=1S/C26H34N4O2/c1-18(2)30-20(4)24(19(3)28-30)16-29-12-13-32-26(17-29)25-11-7-9-22(27-25)14-21-8-6-10-23(15-21)31-5/h6-11,15,18,26H,12-14,16-17H2,1-5H3. The molecule has 6 nitrogen and oxygen atoms in total. The molecule has 1 atom stereocenters. The summed E-state index contributed by atoms with van der Waals surface area (Å²) < 4.78 is 13.6. The number of morpholine rings is 1. The largest absolute Gasteiger partial charge is 0.497 e. The predicted octanol–water partition coefficient (Wildman–Crippen LogP) is 4.65. The number of aromatic nitrogens is 3. The second-order valence-corrected chi connectivity index (χ2v) is 8.86. The Hall–Kier alpha value is -2.70. The summed E-state index contributed by atoms with van der Waals surface area (Å²) in [4.78, 5) is 7.41. The fourth-order valence-corrected chi connectivity index (χ4v) is 4.44. The van der Waals surface area contributed by atoms with Gasteiger partial charge in [0.25, 0.3) is 0 Å². The first kappa shape index (κ1) is 22.5. The zero-order valence-corrected chi connectivity index (χ0v) is 19.8. The predicted molar refractivity (Wildman–Crippen MR) is 126 cm³/mol. The van der Waals surface area contributed by atoms with Crippen molar-refractivity contribution in [1.29, 1.82) is 0 Å². The fourth-order valence-electron chi connectivity index (χ4n) is 4.44. The number of aryl methyl sites for hydroxylation is 1. The first-order valence-corrected chi connectivity index (χ1v) is 11.4. The number of hydrogen-bond acceptors (Lipinski definition) is 5. The minimum Gasteiger partial charge on any atom is -0.497 e. The lowest BCUT2D eigenvalue weighted by atomic mass is 10.1. The van der Waals surface area contributed by atoms with Crippen molar-refractivity contribution in [2.45, 2.75) is 52.8 Å². The molecule has 1 aromatic carbocycles. The molecule has 1 saturated heterocycles. The molecule has 6 heteroatoms. The second-order valence-electron chi connectivity index (χ2n) is 8.86.